The molecule has 4 rings (SSSR count). The summed E-state index contributed by atoms with van der Waals surface area (Å²) in [5.41, 5.74) is 0.0414. The number of carbonyl (C=O) groups excluding carboxylic acids is 3. The van der Waals surface area contributed by atoms with Crippen molar-refractivity contribution in [3.8, 4) is 0 Å². The van der Waals surface area contributed by atoms with Crippen LogP contribution in [0.3, 0.4) is 0 Å². The monoisotopic (exact) mass is 601 g/mol. The number of alkyl halides is 5. The summed E-state index contributed by atoms with van der Waals surface area (Å²) in [5, 5.41) is 11.1. The lowest BCUT2D eigenvalue weighted by molar-refractivity contribution is -0.278. The number of benzene rings is 1. The fraction of sp³-hybridized carbons (Fsp3) is 0.571. The topological polar surface area (TPSA) is 105 Å². The van der Waals surface area contributed by atoms with Crippen molar-refractivity contribution in [2.24, 2.45) is 17.8 Å². The molecule has 0 spiro atoms. The summed E-state index contributed by atoms with van der Waals surface area (Å²) < 4.78 is 80.1. The zero-order valence-electron chi connectivity index (χ0n) is 23.3. The number of amides is 3. The standard InChI is InChI=1S/C28H33F6N5O3/c1-14(2)39-21(10-11-36-39)25(41)38-23(22(16-4-5-16)17-6-7-17)26(42)37-20-9-8-18(12-19(20)29)15(3)24(40)35-13-27(30,31)28(32,33)34/h8-12,14-17,22-23H,4-7,13H2,1-3H3,(H,35,40)(H,37,42)(H,38,41)/t15-,23-/m0/s1. The number of hydrogen-bond acceptors (Lipinski definition) is 4. The first-order valence-corrected chi connectivity index (χ1v) is 13.8. The van der Waals surface area contributed by atoms with Gasteiger partial charge in [0, 0.05) is 12.2 Å². The van der Waals surface area contributed by atoms with Crippen LogP contribution in [-0.2, 0) is 9.59 Å². The van der Waals surface area contributed by atoms with Crippen LogP contribution in [0.2, 0.25) is 0 Å². The van der Waals surface area contributed by atoms with Gasteiger partial charge in [0.15, 0.2) is 0 Å². The summed E-state index contributed by atoms with van der Waals surface area (Å²) in [5.74, 6) is -9.23. The third-order valence-electron chi connectivity index (χ3n) is 7.72. The molecule has 2 aromatic rings. The predicted molar refractivity (Wildman–Crippen MR) is 140 cm³/mol. The molecule has 0 unspecified atom stereocenters. The van der Waals surface area contributed by atoms with Gasteiger partial charge in [0.1, 0.15) is 17.6 Å². The van der Waals surface area contributed by atoms with Crippen molar-refractivity contribution >= 4 is 23.4 Å². The number of aromatic nitrogens is 2. The number of nitrogens with zero attached hydrogens (tertiary/aromatic N) is 2. The van der Waals surface area contributed by atoms with E-state index >= 15 is 4.39 Å². The molecule has 14 heteroatoms. The Labute approximate surface area is 238 Å². The number of anilines is 1. The number of nitrogens with one attached hydrogen (secondary N) is 3. The molecule has 2 atom stereocenters. The summed E-state index contributed by atoms with van der Waals surface area (Å²) in [6.45, 7) is 2.99. The van der Waals surface area contributed by atoms with E-state index in [0.29, 0.717) is 0 Å². The summed E-state index contributed by atoms with van der Waals surface area (Å²) in [4.78, 5) is 39.0. The van der Waals surface area contributed by atoms with E-state index < -0.39 is 54.1 Å². The Bertz CT molecular complexity index is 1310. The first-order chi connectivity index (χ1) is 19.6. The molecule has 3 N–H and O–H groups in total. The molecule has 0 aliphatic heterocycles. The van der Waals surface area contributed by atoms with Gasteiger partial charge in [0.05, 0.1) is 18.2 Å². The third kappa shape index (κ3) is 7.06. The fourth-order valence-electron chi connectivity index (χ4n) is 5.06. The van der Waals surface area contributed by atoms with Crippen molar-refractivity contribution in [1.82, 2.24) is 20.4 Å². The Morgan fingerprint density at radius 1 is 0.976 bits per heavy atom. The van der Waals surface area contributed by atoms with Gasteiger partial charge in [0.25, 0.3) is 5.91 Å². The van der Waals surface area contributed by atoms with Crippen molar-refractivity contribution in [1.29, 1.82) is 0 Å². The highest BCUT2D eigenvalue weighted by atomic mass is 19.4. The van der Waals surface area contributed by atoms with Gasteiger partial charge in [0.2, 0.25) is 11.8 Å². The van der Waals surface area contributed by atoms with E-state index in [1.54, 1.807) is 11.4 Å². The van der Waals surface area contributed by atoms with E-state index in [0.717, 1.165) is 31.7 Å². The second-order valence-corrected chi connectivity index (χ2v) is 11.3. The first-order valence-electron chi connectivity index (χ1n) is 13.8. The Kier molecular flexibility index (Phi) is 8.93. The summed E-state index contributed by atoms with van der Waals surface area (Å²) in [6.07, 6.45) is -0.666. The molecule has 8 nitrogen and oxygen atoms in total. The van der Waals surface area contributed by atoms with Crippen LogP contribution in [0.25, 0.3) is 0 Å². The minimum absolute atomic E-state index is 0.000962. The highest BCUT2D eigenvalue weighted by Crippen LogP contribution is 2.51. The summed E-state index contributed by atoms with van der Waals surface area (Å²) >= 11 is 0. The SMILES string of the molecule is CC(C)n1nccc1C(=O)N[C@H](C(=O)Nc1ccc([C@H](C)C(=O)NCC(F)(F)C(F)(F)F)cc1F)C(C1CC1)C1CC1. The molecule has 3 amide bonds. The molecular formula is C28H33F6N5O3. The predicted octanol–water partition coefficient (Wildman–Crippen LogP) is 5.19. The van der Waals surface area contributed by atoms with Gasteiger partial charge in [-0.2, -0.15) is 27.1 Å². The molecule has 0 radical (unpaired) electrons. The lowest BCUT2D eigenvalue weighted by Gasteiger charge is -2.28. The first kappa shape index (κ1) is 31.4. The average Bonchev–Trinajstić information content (AvgIpc) is 3.86. The third-order valence-corrected chi connectivity index (χ3v) is 7.72. The highest BCUT2D eigenvalue weighted by molar-refractivity contribution is 6.01. The van der Waals surface area contributed by atoms with Crippen LogP contribution in [0.5, 0.6) is 0 Å². The number of carbonyl (C=O) groups is 3. The fourth-order valence-corrected chi connectivity index (χ4v) is 5.06. The largest absolute Gasteiger partial charge is 0.455 e. The minimum Gasteiger partial charge on any atom is -0.349 e. The van der Waals surface area contributed by atoms with Crippen LogP contribution >= 0.6 is 0 Å². The molecule has 0 bridgehead atoms. The van der Waals surface area contributed by atoms with Crippen molar-refractivity contribution < 1.29 is 40.7 Å². The molecule has 230 valence electrons. The van der Waals surface area contributed by atoms with Gasteiger partial charge in [-0.1, -0.05) is 6.07 Å². The van der Waals surface area contributed by atoms with Crippen LogP contribution in [0.4, 0.5) is 32.0 Å². The summed E-state index contributed by atoms with van der Waals surface area (Å²) in [6, 6.07) is 3.83. The van der Waals surface area contributed by atoms with Crippen LogP contribution in [0.1, 0.15) is 74.5 Å². The van der Waals surface area contributed by atoms with E-state index in [4.69, 9.17) is 0 Å². The molecule has 1 aromatic carbocycles. The highest BCUT2D eigenvalue weighted by Gasteiger charge is 2.57. The molecule has 0 saturated heterocycles. The molecule has 2 saturated carbocycles. The van der Waals surface area contributed by atoms with E-state index in [2.05, 4.69) is 15.7 Å². The molecule has 2 aliphatic carbocycles. The number of halogens is 6. The van der Waals surface area contributed by atoms with E-state index in [1.807, 2.05) is 13.8 Å². The van der Waals surface area contributed by atoms with Crippen LogP contribution in [0, 0.1) is 23.6 Å². The molecule has 42 heavy (non-hydrogen) atoms. The van der Waals surface area contributed by atoms with Crippen LogP contribution in [-0.4, -0.2) is 52.2 Å². The molecule has 1 aromatic heterocycles. The van der Waals surface area contributed by atoms with Gasteiger partial charge in [-0.3, -0.25) is 19.1 Å². The zero-order valence-corrected chi connectivity index (χ0v) is 23.3. The van der Waals surface area contributed by atoms with E-state index in [1.165, 1.54) is 29.9 Å². The van der Waals surface area contributed by atoms with Crippen molar-refractivity contribution in [2.45, 2.75) is 76.6 Å². The number of rotatable bonds is 12. The molecule has 2 fully saturated rings. The lowest BCUT2D eigenvalue weighted by Crippen LogP contribution is -2.50. The maximum absolute atomic E-state index is 15.1. The molecular weight excluding hydrogens is 568 g/mol. The Morgan fingerprint density at radius 3 is 2.12 bits per heavy atom. The Hall–Kier alpha value is -3.58. The van der Waals surface area contributed by atoms with Gasteiger partial charge in [-0.25, -0.2) is 4.39 Å². The summed E-state index contributed by atoms with van der Waals surface area (Å²) in [7, 11) is 0. The maximum Gasteiger partial charge on any atom is 0.455 e. The van der Waals surface area contributed by atoms with E-state index in [9.17, 15) is 36.3 Å². The van der Waals surface area contributed by atoms with Crippen molar-refractivity contribution in [3.05, 3.63) is 47.5 Å². The second-order valence-electron chi connectivity index (χ2n) is 11.3. The smallest absolute Gasteiger partial charge is 0.349 e. The second kappa shape index (κ2) is 12.0. The molecule has 1 heterocycles. The Balaban J connectivity index is 1.48. The zero-order chi connectivity index (χ0) is 31.0. The van der Waals surface area contributed by atoms with Gasteiger partial charge >= 0.3 is 12.1 Å². The lowest BCUT2D eigenvalue weighted by atomic mass is 9.88. The quantitative estimate of drug-likeness (QED) is 0.291. The van der Waals surface area contributed by atoms with Gasteiger partial charge in [-0.05, 0) is 88.0 Å². The van der Waals surface area contributed by atoms with Crippen molar-refractivity contribution in [2.75, 3.05) is 11.9 Å². The van der Waals surface area contributed by atoms with E-state index in [-0.39, 0.29) is 40.7 Å². The van der Waals surface area contributed by atoms with Crippen LogP contribution < -0.4 is 16.0 Å². The van der Waals surface area contributed by atoms with Crippen molar-refractivity contribution in [3.63, 3.8) is 0 Å². The maximum atomic E-state index is 15.1. The Morgan fingerprint density at radius 2 is 1.60 bits per heavy atom. The normalized spacial score (nSPS) is 17.2. The average molecular weight is 602 g/mol. The minimum atomic E-state index is -5.83. The molecule has 2 aliphatic rings. The van der Waals surface area contributed by atoms with Gasteiger partial charge in [-0.15, -0.1) is 0 Å². The van der Waals surface area contributed by atoms with Gasteiger partial charge < -0.3 is 16.0 Å². The van der Waals surface area contributed by atoms with Crippen LogP contribution in [0.15, 0.2) is 30.5 Å². The number of hydrogen-bond donors (Lipinski definition) is 3.